The van der Waals surface area contributed by atoms with Crippen molar-refractivity contribution in [2.45, 2.75) is 57.2 Å². The third kappa shape index (κ3) is 5.17. The van der Waals surface area contributed by atoms with Gasteiger partial charge in [-0.1, -0.05) is 37.3 Å². The van der Waals surface area contributed by atoms with Gasteiger partial charge in [0.25, 0.3) is 5.91 Å². The second-order valence-corrected chi connectivity index (χ2v) is 7.92. The van der Waals surface area contributed by atoms with Crippen molar-refractivity contribution in [3.8, 4) is 0 Å². The summed E-state index contributed by atoms with van der Waals surface area (Å²) in [6, 6.07) is 8.55. The van der Waals surface area contributed by atoms with Crippen LogP contribution < -0.4 is 16.0 Å². The minimum absolute atomic E-state index is 0.129. The molecule has 3 amide bonds. The lowest BCUT2D eigenvalue weighted by atomic mass is 10.1. The number of fused-ring (bicyclic) bond motifs is 1. The Bertz CT molecular complexity index is 738. The lowest BCUT2D eigenvalue weighted by Crippen LogP contribution is -2.57. The third-order valence-corrected chi connectivity index (χ3v) is 5.94. The minimum atomic E-state index is -0.595. The molecule has 3 atom stereocenters. The second-order valence-electron chi connectivity index (χ2n) is 7.92. The van der Waals surface area contributed by atoms with Gasteiger partial charge in [0.2, 0.25) is 11.8 Å². The van der Waals surface area contributed by atoms with E-state index >= 15 is 0 Å². The van der Waals surface area contributed by atoms with E-state index in [2.05, 4.69) is 16.0 Å². The molecule has 30 heavy (non-hydrogen) atoms. The largest absolute Gasteiger partial charge is 0.354 e. The Morgan fingerprint density at radius 3 is 2.63 bits per heavy atom. The molecule has 8 heteroatoms. The van der Waals surface area contributed by atoms with E-state index < -0.39 is 12.1 Å². The van der Waals surface area contributed by atoms with Crippen LogP contribution in [0.3, 0.4) is 0 Å². The second kappa shape index (κ2) is 10.5. The van der Waals surface area contributed by atoms with Crippen LogP contribution in [-0.2, 0) is 20.8 Å². The number of likely N-dealkylation sites (N-methyl/N-ethyl adjacent to an activating group) is 1. The fourth-order valence-electron chi connectivity index (χ4n) is 4.23. The van der Waals surface area contributed by atoms with Crippen LogP contribution >= 0.6 is 0 Å². The molecule has 1 aromatic carbocycles. The maximum atomic E-state index is 13.2. The number of hydrazine groups is 1. The van der Waals surface area contributed by atoms with Crippen molar-refractivity contribution in [3.63, 3.8) is 0 Å². The van der Waals surface area contributed by atoms with E-state index in [1.807, 2.05) is 42.3 Å². The van der Waals surface area contributed by atoms with E-state index in [4.69, 9.17) is 0 Å². The summed E-state index contributed by atoms with van der Waals surface area (Å²) < 4.78 is 0. The average Bonchev–Trinajstić information content (AvgIpc) is 3.11. The van der Waals surface area contributed by atoms with Gasteiger partial charge in [0.05, 0.1) is 6.04 Å². The van der Waals surface area contributed by atoms with Crippen LogP contribution in [0.1, 0.15) is 38.2 Å². The molecule has 1 aromatic rings. The van der Waals surface area contributed by atoms with E-state index in [-0.39, 0.29) is 23.8 Å². The first-order chi connectivity index (χ1) is 14.5. The van der Waals surface area contributed by atoms with Crippen LogP contribution in [0.15, 0.2) is 30.3 Å². The third-order valence-electron chi connectivity index (χ3n) is 5.94. The number of amides is 3. The van der Waals surface area contributed by atoms with E-state index in [0.717, 1.165) is 24.9 Å². The molecule has 2 fully saturated rings. The lowest BCUT2D eigenvalue weighted by molar-refractivity contribution is -0.153. The monoisotopic (exact) mass is 415 g/mol. The summed E-state index contributed by atoms with van der Waals surface area (Å²) in [7, 11) is 1.74. The van der Waals surface area contributed by atoms with Crippen molar-refractivity contribution in [3.05, 3.63) is 35.9 Å². The minimum Gasteiger partial charge on any atom is -0.354 e. The smallest absolute Gasteiger partial charge is 0.260 e. The van der Waals surface area contributed by atoms with Crippen LogP contribution in [-0.4, -0.2) is 72.5 Å². The standard InChI is InChI=1S/C22H33N5O3/c1-3-17(23-2)20(28)25-18-10-7-14-26-15-12-19(27(26)22(18)30)21(29)24-13-11-16-8-5-4-6-9-16/h4-6,8-9,17-19,23H,3,7,10-15H2,1-2H3,(H,24,29)(H,25,28)/t17-,18-,19-/m0/s1. The number of hydrogen-bond donors (Lipinski definition) is 3. The Labute approximate surface area is 178 Å². The molecule has 2 aliphatic rings. The highest BCUT2D eigenvalue weighted by molar-refractivity contribution is 5.93. The Hall–Kier alpha value is -2.45. The number of nitrogens with zero attached hydrogens (tertiary/aromatic N) is 2. The molecule has 0 spiro atoms. The zero-order valence-corrected chi connectivity index (χ0v) is 17.9. The van der Waals surface area contributed by atoms with Crippen LogP contribution in [0.4, 0.5) is 0 Å². The van der Waals surface area contributed by atoms with Gasteiger partial charge in [-0.2, -0.15) is 0 Å². The Morgan fingerprint density at radius 2 is 1.93 bits per heavy atom. The molecule has 3 rings (SSSR count). The predicted molar refractivity (Wildman–Crippen MR) is 114 cm³/mol. The van der Waals surface area contributed by atoms with Gasteiger partial charge in [-0.15, -0.1) is 0 Å². The van der Waals surface area contributed by atoms with Crippen LogP contribution in [0.25, 0.3) is 0 Å². The van der Waals surface area contributed by atoms with Crippen molar-refractivity contribution in [2.75, 3.05) is 26.7 Å². The molecular weight excluding hydrogens is 382 g/mol. The number of hydrogen-bond acceptors (Lipinski definition) is 5. The number of benzene rings is 1. The van der Waals surface area contributed by atoms with Gasteiger partial charge in [-0.25, -0.2) is 5.01 Å². The summed E-state index contributed by atoms with van der Waals surface area (Å²) in [6.45, 7) is 3.85. The van der Waals surface area contributed by atoms with Gasteiger partial charge >= 0.3 is 0 Å². The highest BCUT2D eigenvalue weighted by Gasteiger charge is 2.44. The van der Waals surface area contributed by atoms with Gasteiger partial charge < -0.3 is 16.0 Å². The van der Waals surface area contributed by atoms with Crippen molar-refractivity contribution in [1.82, 2.24) is 26.0 Å². The summed E-state index contributed by atoms with van der Waals surface area (Å²) in [6.07, 6.45) is 3.38. The quantitative estimate of drug-likeness (QED) is 0.573. The molecule has 0 unspecified atom stereocenters. The fraction of sp³-hybridized carbons (Fsp3) is 0.591. The molecule has 0 bridgehead atoms. The van der Waals surface area contributed by atoms with E-state index in [9.17, 15) is 14.4 Å². The van der Waals surface area contributed by atoms with Gasteiger partial charge in [0.15, 0.2) is 0 Å². The first-order valence-corrected chi connectivity index (χ1v) is 10.9. The summed E-state index contributed by atoms with van der Waals surface area (Å²) in [5.74, 6) is -0.488. The van der Waals surface area contributed by atoms with Crippen LogP contribution in [0, 0.1) is 0 Å². The highest BCUT2D eigenvalue weighted by atomic mass is 16.2. The molecule has 3 N–H and O–H groups in total. The van der Waals surface area contributed by atoms with Crippen molar-refractivity contribution in [1.29, 1.82) is 0 Å². The molecule has 8 nitrogen and oxygen atoms in total. The van der Waals surface area contributed by atoms with Gasteiger partial charge in [-0.05, 0) is 44.7 Å². The molecule has 2 saturated heterocycles. The number of nitrogens with one attached hydrogen (secondary N) is 3. The molecule has 0 saturated carbocycles. The summed E-state index contributed by atoms with van der Waals surface area (Å²) in [5, 5.41) is 12.4. The maximum absolute atomic E-state index is 13.2. The van der Waals surface area contributed by atoms with Crippen molar-refractivity contribution < 1.29 is 14.4 Å². The lowest BCUT2D eigenvalue weighted by Gasteiger charge is -2.32. The fourth-order valence-corrected chi connectivity index (χ4v) is 4.23. The predicted octanol–water partition coefficient (Wildman–Crippen LogP) is 0.440. The zero-order chi connectivity index (χ0) is 21.5. The summed E-state index contributed by atoms with van der Waals surface area (Å²) >= 11 is 0. The van der Waals surface area contributed by atoms with E-state index in [0.29, 0.717) is 32.4 Å². The first kappa shape index (κ1) is 22.2. The number of carbonyl (C=O) groups is 3. The molecule has 2 aliphatic heterocycles. The number of carbonyl (C=O) groups excluding carboxylic acids is 3. The Kier molecular flexibility index (Phi) is 7.81. The van der Waals surface area contributed by atoms with Gasteiger partial charge in [-0.3, -0.25) is 19.4 Å². The first-order valence-electron chi connectivity index (χ1n) is 10.9. The molecule has 164 valence electrons. The SMILES string of the molecule is CC[C@H](NC)C(=O)N[C@H]1CCCN2CC[C@@H](C(=O)NCCc3ccccc3)N2C1=O. The average molecular weight is 416 g/mol. The normalized spacial score (nSPS) is 22.9. The van der Waals surface area contributed by atoms with Gasteiger partial charge in [0, 0.05) is 19.6 Å². The van der Waals surface area contributed by atoms with Crippen LogP contribution in [0.5, 0.6) is 0 Å². The molecule has 0 radical (unpaired) electrons. The molecular formula is C22H33N5O3. The maximum Gasteiger partial charge on any atom is 0.260 e. The molecule has 2 heterocycles. The molecule has 0 aliphatic carbocycles. The van der Waals surface area contributed by atoms with Gasteiger partial charge in [0.1, 0.15) is 12.1 Å². The molecule has 0 aromatic heterocycles. The summed E-state index contributed by atoms with van der Waals surface area (Å²) in [4.78, 5) is 38.6. The highest BCUT2D eigenvalue weighted by Crippen LogP contribution is 2.24. The number of rotatable bonds is 8. The topological polar surface area (TPSA) is 93.8 Å². The zero-order valence-electron chi connectivity index (χ0n) is 17.9. The Balaban J connectivity index is 1.61. The van der Waals surface area contributed by atoms with Crippen molar-refractivity contribution in [2.24, 2.45) is 0 Å². The summed E-state index contributed by atoms with van der Waals surface area (Å²) in [5.41, 5.74) is 1.16. The Morgan fingerprint density at radius 1 is 1.17 bits per heavy atom. The van der Waals surface area contributed by atoms with E-state index in [1.165, 1.54) is 0 Å². The van der Waals surface area contributed by atoms with E-state index in [1.54, 1.807) is 12.1 Å². The van der Waals surface area contributed by atoms with Crippen molar-refractivity contribution >= 4 is 17.7 Å². The van der Waals surface area contributed by atoms with Crippen LogP contribution in [0.2, 0.25) is 0 Å².